The Morgan fingerprint density at radius 1 is 1.24 bits per heavy atom. The molecule has 0 saturated heterocycles. The van der Waals surface area contributed by atoms with Crippen molar-refractivity contribution in [3.8, 4) is 5.75 Å². The zero-order valence-corrected chi connectivity index (χ0v) is 16.2. The number of carbonyl (C=O) groups excluding carboxylic acids is 1. The second kappa shape index (κ2) is 10.4. The number of carbonyl (C=O) groups is 1. The van der Waals surface area contributed by atoms with Crippen molar-refractivity contribution in [2.75, 3.05) is 12.3 Å². The van der Waals surface area contributed by atoms with E-state index in [4.69, 9.17) is 16.3 Å². The van der Waals surface area contributed by atoms with E-state index in [1.54, 1.807) is 11.8 Å². The van der Waals surface area contributed by atoms with Gasteiger partial charge in [0.15, 0.2) is 6.10 Å². The van der Waals surface area contributed by atoms with Crippen LogP contribution in [0.1, 0.15) is 24.5 Å². The number of ether oxygens (including phenoxy) is 1. The fourth-order valence-electron chi connectivity index (χ4n) is 2.35. The highest BCUT2D eigenvalue weighted by Crippen LogP contribution is 2.17. The second-order valence-electron chi connectivity index (χ2n) is 5.80. The average molecular weight is 378 g/mol. The van der Waals surface area contributed by atoms with Gasteiger partial charge in [0.05, 0.1) is 0 Å². The van der Waals surface area contributed by atoms with Crippen LogP contribution in [-0.2, 0) is 10.5 Å². The van der Waals surface area contributed by atoms with Crippen molar-refractivity contribution in [1.29, 1.82) is 0 Å². The maximum atomic E-state index is 12.3. The van der Waals surface area contributed by atoms with Gasteiger partial charge in [-0.2, -0.15) is 11.8 Å². The number of nitrogens with one attached hydrogen (secondary N) is 1. The Morgan fingerprint density at radius 2 is 2.04 bits per heavy atom. The van der Waals surface area contributed by atoms with E-state index in [9.17, 15) is 4.79 Å². The number of rotatable bonds is 9. The summed E-state index contributed by atoms with van der Waals surface area (Å²) < 4.78 is 5.81. The number of benzene rings is 2. The molecule has 1 N–H and O–H groups in total. The number of hydrogen-bond donors (Lipinski definition) is 1. The molecule has 2 aromatic carbocycles. The fourth-order valence-corrected chi connectivity index (χ4v) is 3.37. The molecule has 0 aliphatic rings. The lowest BCUT2D eigenvalue weighted by Gasteiger charge is -2.17. The van der Waals surface area contributed by atoms with Crippen LogP contribution in [0.3, 0.4) is 0 Å². The van der Waals surface area contributed by atoms with Gasteiger partial charge in [0.2, 0.25) is 0 Å². The summed E-state index contributed by atoms with van der Waals surface area (Å²) >= 11 is 7.74. The molecule has 0 radical (unpaired) electrons. The summed E-state index contributed by atoms with van der Waals surface area (Å²) in [5, 5.41) is 3.71. The molecule has 0 fully saturated rings. The first kappa shape index (κ1) is 19.7. The normalized spacial score (nSPS) is 11.8. The molecular weight excluding hydrogens is 354 g/mol. The maximum Gasteiger partial charge on any atom is 0.261 e. The Morgan fingerprint density at radius 3 is 2.76 bits per heavy atom. The van der Waals surface area contributed by atoms with E-state index in [0.29, 0.717) is 13.0 Å². The highest BCUT2D eigenvalue weighted by atomic mass is 35.5. The molecule has 25 heavy (non-hydrogen) atoms. The van der Waals surface area contributed by atoms with Crippen LogP contribution in [0.2, 0.25) is 5.02 Å². The lowest BCUT2D eigenvalue weighted by atomic mass is 10.2. The zero-order valence-electron chi connectivity index (χ0n) is 14.6. The minimum absolute atomic E-state index is 0.0626. The Labute approximate surface area is 159 Å². The molecule has 0 spiro atoms. The lowest BCUT2D eigenvalue weighted by Crippen LogP contribution is -2.39. The first-order valence-electron chi connectivity index (χ1n) is 8.41. The van der Waals surface area contributed by atoms with Crippen molar-refractivity contribution in [3.05, 3.63) is 64.7 Å². The molecule has 3 nitrogen and oxygen atoms in total. The molecule has 0 aliphatic carbocycles. The minimum Gasteiger partial charge on any atom is -0.481 e. The predicted octanol–water partition coefficient (Wildman–Crippen LogP) is 4.86. The van der Waals surface area contributed by atoms with Gasteiger partial charge in [0.1, 0.15) is 5.75 Å². The Kier molecular flexibility index (Phi) is 8.16. The van der Waals surface area contributed by atoms with Crippen LogP contribution in [0.4, 0.5) is 0 Å². The Hall–Kier alpha value is -1.65. The molecule has 0 unspecified atom stereocenters. The molecule has 0 heterocycles. The van der Waals surface area contributed by atoms with E-state index < -0.39 is 6.10 Å². The number of aryl methyl sites for hydroxylation is 1. The van der Waals surface area contributed by atoms with Gasteiger partial charge < -0.3 is 10.1 Å². The second-order valence-corrected chi connectivity index (χ2v) is 7.35. The van der Waals surface area contributed by atoms with Crippen LogP contribution in [0.5, 0.6) is 5.75 Å². The number of hydrogen-bond acceptors (Lipinski definition) is 3. The first-order valence-corrected chi connectivity index (χ1v) is 9.95. The number of thioether (sulfide) groups is 1. The van der Waals surface area contributed by atoms with Crippen molar-refractivity contribution in [2.24, 2.45) is 0 Å². The van der Waals surface area contributed by atoms with Crippen LogP contribution in [-0.4, -0.2) is 24.3 Å². The van der Waals surface area contributed by atoms with E-state index in [2.05, 4.69) is 11.4 Å². The quantitative estimate of drug-likeness (QED) is 0.634. The Bertz CT molecular complexity index is 693. The summed E-state index contributed by atoms with van der Waals surface area (Å²) in [5.41, 5.74) is 2.31. The topological polar surface area (TPSA) is 38.3 Å². The molecule has 0 bridgehead atoms. The van der Waals surface area contributed by atoms with Gasteiger partial charge >= 0.3 is 0 Å². The molecular formula is C20H24ClNO2S. The molecule has 0 saturated carbocycles. The van der Waals surface area contributed by atoms with Crippen molar-refractivity contribution in [3.63, 3.8) is 0 Å². The Balaban J connectivity index is 1.71. The van der Waals surface area contributed by atoms with Gasteiger partial charge in [-0.3, -0.25) is 4.79 Å². The lowest BCUT2D eigenvalue weighted by molar-refractivity contribution is -0.127. The van der Waals surface area contributed by atoms with Gasteiger partial charge in [-0.05, 0) is 48.7 Å². The molecule has 0 aliphatic heterocycles. The van der Waals surface area contributed by atoms with E-state index in [-0.39, 0.29) is 5.91 Å². The van der Waals surface area contributed by atoms with Crippen LogP contribution < -0.4 is 10.1 Å². The third kappa shape index (κ3) is 7.00. The number of halogens is 1. The van der Waals surface area contributed by atoms with Crippen LogP contribution in [0.15, 0.2) is 48.5 Å². The van der Waals surface area contributed by atoms with Crippen molar-refractivity contribution < 1.29 is 9.53 Å². The highest BCUT2D eigenvalue weighted by Gasteiger charge is 2.17. The predicted molar refractivity (Wildman–Crippen MR) is 107 cm³/mol. The number of amides is 1. The van der Waals surface area contributed by atoms with E-state index >= 15 is 0 Å². The smallest absolute Gasteiger partial charge is 0.261 e. The third-order valence-corrected chi connectivity index (χ3v) is 4.90. The molecule has 2 rings (SSSR count). The highest BCUT2D eigenvalue weighted by molar-refractivity contribution is 7.98. The van der Waals surface area contributed by atoms with Gasteiger partial charge in [0.25, 0.3) is 5.91 Å². The van der Waals surface area contributed by atoms with E-state index in [1.807, 2.05) is 56.3 Å². The van der Waals surface area contributed by atoms with Gasteiger partial charge in [0, 0.05) is 23.1 Å². The molecule has 1 amide bonds. The summed E-state index contributed by atoms with van der Waals surface area (Å²) in [6.07, 6.45) is 0.176. The van der Waals surface area contributed by atoms with Crippen molar-refractivity contribution in [2.45, 2.75) is 32.1 Å². The van der Waals surface area contributed by atoms with E-state index in [1.165, 1.54) is 5.56 Å². The monoisotopic (exact) mass is 377 g/mol. The van der Waals surface area contributed by atoms with Crippen LogP contribution in [0, 0.1) is 6.92 Å². The summed E-state index contributed by atoms with van der Waals surface area (Å²) in [5.74, 6) is 2.40. The van der Waals surface area contributed by atoms with Gasteiger partial charge in [-0.1, -0.05) is 42.8 Å². The first-order chi connectivity index (χ1) is 12.1. The molecule has 2 aromatic rings. The van der Waals surface area contributed by atoms with Crippen molar-refractivity contribution >= 4 is 29.3 Å². The molecule has 134 valence electrons. The minimum atomic E-state index is -0.459. The van der Waals surface area contributed by atoms with E-state index in [0.717, 1.165) is 27.8 Å². The standard InChI is InChI=1S/C20H24ClNO2S/c1-3-19(24-18-9-4-6-15(2)12-18)20(23)22-10-11-25-14-16-7-5-8-17(21)13-16/h4-9,12-13,19H,3,10-11,14H2,1-2H3,(H,22,23)/t19-/m1/s1. The third-order valence-electron chi connectivity index (χ3n) is 3.63. The summed E-state index contributed by atoms with van der Waals surface area (Å²) in [4.78, 5) is 12.3. The molecule has 5 heteroatoms. The largest absolute Gasteiger partial charge is 0.481 e. The summed E-state index contributed by atoms with van der Waals surface area (Å²) in [7, 11) is 0. The van der Waals surface area contributed by atoms with Crippen LogP contribution in [0.25, 0.3) is 0 Å². The fraction of sp³-hybridized carbons (Fsp3) is 0.350. The molecule has 1 atom stereocenters. The van der Waals surface area contributed by atoms with Crippen LogP contribution >= 0.6 is 23.4 Å². The summed E-state index contributed by atoms with van der Waals surface area (Å²) in [6, 6.07) is 15.6. The average Bonchev–Trinajstić information content (AvgIpc) is 2.59. The molecule has 0 aromatic heterocycles. The van der Waals surface area contributed by atoms with Gasteiger partial charge in [-0.15, -0.1) is 0 Å². The SMILES string of the molecule is CC[C@@H](Oc1cccc(C)c1)C(=O)NCCSCc1cccc(Cl)c1. The van der Waals surface area contributed by atoms with Gasteiger partial charge in [-0.25, -0.2) is 0 Å². The van der Waals surface area contributed by atoms with Crippen molar-refractivity contribution in [1.82, 2.24) is 5.32 Å². The maximum absolute atomic E-state index is 12.3. The summed E-state index contributed by atoms with van der Waals surface area (Å²) in [6.45, 7) is 4.58. The zero-order chi connectivity index (χ0) is 18.1.